The summed E-state index contributed by atoms with van der Waals surface area (Å²) < 4.78 is 61.0. The van der Waals surface area contributed by atoms with Crippen LogP contribution >= 0.6 is 22.9 Å². The summed E-state index contributed by atoms with van der Waals surface area (Å²) in [5, 5.41) is 13.9. The van der Waals surface area contributed by atoms with Crippen LogP contribution in [0.5, 0.6) is 0 Å². The number of anilines is 3. The number of hydrogen-bond acceptors (Lipinski definition) is 14. The van der Waals surface area contributed by atoms with Crippen LogP contribution in [0.15, 0.2) is 113 Å². The summed E-state index contributed by atoms with van der Waals surface area (Å²) in [6.45, 7) is 1.61. The van der Waals surface area contributed by atoms with Crippen molar-refractivity contribution in [2.75, 3.05) is 36.8 Å². The summed E-state index contributed by atoms with van der Waals surface area (Å²) in [4.78, 5) is 65.3. The van der Waals surface area contributed by atoms with E-state index in [1.54, 1.807) is 48.2 Å². The highest BCUT2D eigenvalue weighted by molar-refractivity contribution is 7.93. The monoisotopic (exact) mass is 1110 g/mol. The molecular formula is C55H61ClFN9O9S2. The second-order valence-corrected chi connectivity index (χ2v) is 22.5. The van der Waals surface area contributed by atoms with Crippen molar-refractivity contribution in [3.8, 4) is 22.4 Å². The van der Waals surface area contributed by atoms with Crippen molar-refractivity contribution < 1.29 is 45.9 Å². The highest BCUT2D eigenvalue weighted by Crippen LogP contribution is 2.39. The minimum Gasteiger partial charge on any atom is -0.472 e. The van der Waals surface area contributed by atoms with Crippen LogP contribution in [-0.4, -0.2) is 97.0 Å². The first kappa shape index (κ1) is 55.0. The van der Waals surface area contributed by atoms with Gasteiger partial charge in [-0.15, -0.1) is 11.3 Å². The zero-order chi connectivity index (χ0) is 53.9. The quantitative estimate of drug-likeness (QED) is 0.0400. The lowest BCUT2D eigenvalue weighted by Gasteiger charge is -2.29. The van der Waals surface area contributed by atoms with Gasteiger partial charge in [0.15, 0.2) is 5.13 Å². The average Bonchev–Trinajstić information content (AvgIpc) is 4.23. The Labute approximate surface area is 455 Å². The molecule has 1 aliphatic heterocycles. The second kappa shape index (κ2) is 25.6. The van der Waals surface area contributed by atoms with E-state index in [0.29, 0.717) is 74.5 Å². The van der Waals surface area contributed by atoms with Crippen LogP contribution in [-0.2, 0) is 45.2 Å². The Morgan fingerprint density at radius 1 is 0.870 bits per heavy atom. The van der Waals surface area contributed by atoms with E-state index in [4.69, 9.17) is 25.5 Å². The number of halogens is 2. The second-order valence-electron chi connectivity index (χ2n) is 19.6. The van der Waals surface area contributed by atoms with Crippen molar-refractivity contribution in [2.24, 2.45) is 11.8 Å². The number of rotatable bonds is 22. The number of benzene rings is 2. The van der Waals surface area contributed by atoms with Gasteiger partial charge in [-0.1, -0.05) is 41.9 Å². The van der Waals surface area contributed by atoms with Gasteiger partial charge >= 0.3 is 0 Å². The van der Waals surface area contributed by atoms with E-state index in [2.05, 4.69) is 40.9 Å². The molecule has 3 aliphatic rings. The van der Waals surface area contributed by atoms with Crippen LogP contribution in [0.1, 0.15) is 87.8 Å². The maximum Gasteiger partial charge on any atom is 0.266 e. The van der Waals surface area contributed by atoms with E-state index in [0.717, 1.165) is 78.7 Å². The largest absolute Gasteiger partial charge is 0.472 e. The van der Waals surface area contributed by atoms with E-state index in [9.17, 15) is 27.6 Å². The van der Waals surface area contributed by atoms with Gasteiger partial charge in [-0.2, -0.15) is 0 Å². The summed E-state index contributed by atoms with van der Waals surface area (Å²) in [6, 6.07) is 16.7. The molecule has 5 N–H and O–H groups in total. The number of likely N-dealkylation sites (tertiary alicyclic amines) is 1. The van der Waals surface area contributed by atoms with Crippen molar-refractivity contribution >= 4 is 73.1 Å². The number of nitrogens with zero attached hydrogens (tertiary/aromatic N) is 4. The molecule has 2 atom stereocenters. The fourth-order valence-electron chi connectivity index (χ4n) is 10.2. The number of nitrogens with one attached hydrogen (secondary N) is 5. The number of aromatic nitrogens is 3. The third-order valence-corrected chi connectivity index (χ3v) is 16.9. The van der Waals surface area contributed by atoms with Crippen LogP contribution < -0.4 is 26.0 Å². The molecule has 406 valence electrons. The zero-order valence-electron chi connectivity index (χ0n) is 42.4. The van der Waals surface area contributed by atoms with Gasteiger partial charge in [0.05, 0.1) is 71.6 Å². The van der Waals surface area contributed by atoms with E-state index in [1.165, 1.54) is 12.5 Å². The summed E-state index contributed by atoms with van der Waals surface area (Å²) in [5.74, 6) is -1.87. The molecule has 18 nitrogen and oxygen atoms in total. The summed E-state index contributed by atoms with van der Waals surface area (Å²) in [7, 11) is -2.58. The molecule has 22 heteroatoms. The molecule has 0 bridgehead atoms. The fourth-order valence-corrected chi connectivity index (χ4v) is 12.4. The Morgan fingerprint density at radius 3 is 2.34 bits per heavy atom. The molecule has 1 saturated heterocycles. The lowest BCUT2D eigenvalue weighted by Crippen LogP contribution is -2.40. The number of carbonyl (C=O) groups is 4. The first-order valence-electron chi connectivity index (χ1n) is 25.8. The van der Waals surface area contributed by atoms with Crippen LogP contribution in [0.2, 0.25) is 5.02 Å². The lowest BCUT2D eigenvalue weighted by atomic mass is 9.85. The number of pyridine rings is 2. The first-order valence-corrected chi connectivity index (χ1v) is 28.6. The third kappa shape index (κ3) is 14.2. The summed E-state index contributed by atoms with van der Waals surface area (Å²) in [6.07, 6.45) is 17.1. The van der Waals surface area contributed by atoms with E-state index >= 15 is 4.39 Å². The number of thiazole rings is 1. The zero-order valence-corrected chi connectivity index (χ0v) is 44.8. The van der Waals surface area contributed by atoms with Gasteiger partial charge in [0, 0.05) is 98.3 Å². The van der Waals surface area contributed by atoms with Gasteiger partial charge in [-0.3, -0.25) is 33.9 Å². The molecule has 4 amide bonds. The molecule has 77 heavy (non-hydrogen) atoms. The average molecular weight is 1110 g/mol. The topological polar surface area (TPSA) is 236 Å². The highest BCUT2D eigenvalue weighted by atomic mass is 35.5. The minimum absolute atomic E-state index is 0.00471. The molecule has 0 unspecified atom stereocenters. The van der Waals surface area contributed by atoms with Crippen LogP contribution in [0, 0.1) is 17.7 Å². The summed E-state index contributed by atoms with van der Waals surface area (Å²) >= 11 is 7.57. The predicted molar refractivity (Wildman–Crippen MR) is 289 cm³/mol. The van der Waals surface area contributed by atoms with E-state index in [1.807, 2.05) is 42.5 Å². The summed E-state index contributed by atoms with van der Waals surface area (Å²) in [5.41, 5.74) is 5.16. The minimum atomic E-state index is -4.30. The molecular weight excluding hydrogens is 1050 g/mol. The van der Waals surface area contributed by atoms with Crippen LogP contribution in [0.3, 0.4) is 0 Å². The van der Waals surface area contributed by atoms with Crippen molar-refractivity contribution in [2.45, 2.75) is 106 Å². The molecule has 0 spiro atoms. The number of furan rings is 1. The van der Waals surface area contributed by atoms with Crippen molar-refractivity contribution in [1.29, 1.82) is 0 Å². The predicted octanol–water partition coefficient (Wildman–Crippen LogP) is 8.95. The Bertz CT molecular complexity index is 3090. The van der Waals surface area contributed by atoms with Crippen molar-refractivity contribution in [3.05, 3.63) is 125 Å². The van der Waals surface area contributed by atoms with Gasteiger partial charge in [-0.05, 0) is 93.2 Å². The van der Waals surface area contributed by atoms with Crippen LogP contribution in [0.25, 0.3) is 22.4 Å². The van der Waals surface area contributed by atoms with E-state index < -0.39 is 26.7 Å². The molecule has 9 rings (SSSR count). The molecule has 2 saturated carbocycles. The van der Waals surface area contributed by atoms with Crippen molar-refractivity contribution in [1.82, 2.24) is 35.8 Å². The molecule has 3 fully saturated rings. The Kier molecular flexibility index (Phi) is 18.3. The highest BCUT2D eigenvalue weighted by Gasteiger charge is 2.42. The van der Waals surface area contributed by atoms with Gasteiger partial charge in [0.2, 0.25) is 23.6 Å². The SMILES string of the molecule is CN1C(=O)C[C@H](C(=O)NCCOC2CCC(OCCCC(=O)NC3CCC(C(=O)NCc4ccc(-c5cc(-c6ccoc6)c(Nc6cc(F)c(S(=O)(=O)Nc7nccs7)cc6Cl)cn5)cc4)CC3)CC2)[C@H]1c1cccnc1. The maximum atomic E-state index is 15.3. The van der Waals surface area contributed by atoms with Gasteiger partial charge in [0.25, 0.3) is 10.0 Å². The molecule has 6 aromatic rings. The number of carbonyl (C=O) groups excluding carboxylic acids is 4. The smallest absolute Gasteiger partial charge is 0.266 e. The van der Waals surface area contributed by atoms with Gasteiger partial charge < -0.3 is 40.1 Å². The van der Waals surface area contributed by atoms with Gasteiger partial charge in [-0.25, -0.2) is 17.8 Å². The molecule has 0 radical (unpaired) electrons. The number of amides is 4. The Balaban J connectivity index is 0.649. The molecule has 2 aromatic carbocycles. The number of ether oxygens (including phenoxy) is 2. The molecule has 4 aromatic heterocycles. The molecule has 2 aliphatic carbocycles. The normalized spacial score (nSPS) is 20.6. The number of hydrogen-bond donors (Lipinski definition) is 5. The number of sulfonamides is 1. The van der Waals surface area contributed by atoms with Gasteiger partial charge in [0.1, 0.15) is 10.7 Å². The maximum absolute atomic E-state index is 15.3. The van der Waals surface area contributed by atoms with E-state index in [-0.39, 0.29) is 76.1 Å². The standard InChI is InChI=1S/C55H61ClFN9O9S2/c1-66-51(68)27-43(52(66)37-4-2-19-58-31-37)54(70)59-20-24-75-41-16-14-40(15-17-41)74-22-3-5-50(67)63-39-12-10-36(11-13-39)53(69)62-30-34-6-8-35(9-7-34)46-26-42(38-18-23-73-33-38)48(32-61-46)64-47-29-45(57)49(28-44(47)56)77(71,72)65-55-60-21-25-76-55/h2,4,6-9,18-19,21,23,25-26,28-29,31-33,36,39-41,43,52,64H,3,5,10-17,20,22,24,27,30H2,1H3,(H,59,70)(H,60,65)(H,62,69)(H,63,67)/t36?,39?,40?,41?,43-,52+/m0/s1. The Morgan fingerprint density at radius 2 is 1.64 bits per heavy atom. The van der Waals surface area contributed by atoms with Crippen molar-refractivity contribution in [3.63, 3.8) is 0 Å². The Hall–Kier alpha value is -6.78. The first-order chi connectivity index (χ1) is 37.3. The molecule has 5 heterocycles. The lowest BCUT2D eigenvalue weighted by molar-refractivity contribution is -0.128. The van der Waals surface area contributed by atoms with Crippen LogP contribution in [0.4, 0.5) is 20.9 Å². The third-order valence-electron chi connectivity index (χ3n) is 14.4. The fraction of sp³-hybridized carbons (Fsp3) is 0.400.